The molecule has 1 aliphatic rings. The van der Waals surface area contributed by atoms with Gasteiger partial charge in [-0.3, -0.25) is 4.79 Å². The Morgan fingerprint density at radius 2 is 2.07 bits per heavy atom. The second-order valence-electron chi connectivity index (χ2n) is 3.60. The zero-order chi connectivity index (χ0) is 11.5. The SMILES string of the molecule is O=C(O)C=CNC(=O)C(O)C1(CO)CC1. The quantitative estimate of drug-likeness (QED) is 0.432. The zero-order valence-corrected chi connectivity index (χ0v) is 8.01. The number of aliphatic hydroxyl groups is 2. The molecule has 1 saturated carbocycles. The van der Waals surface area contributed by atoms with Gasteiger partial charge in [-0.25, -0.2) is 4.79 Å². The molecule has 4 N–H and O–H groups in total. The van der Waals surface area contributed by atoms with Crippen molar-refractivity contribution in [2.75, 3.05) is 6.61 Å². The van der Waals surface area contributed by atoms with E-state index >= 15 is 0 Å². The van der Waals surface area contributed by atoms with E-state index in [1.807, 2.05) is 0 Å². The number of hydrogen-bond acceptors (Lipinski definition) is 4. The van der Waals surface area contributed by atoms with E-state index in [9.17, 15) is 14.7 Å². The summed E-state index contributed by atoms with van der Waals surface area (Å²) in [6, 6.07) is 0. The van der Waals surface area contributed by atoms with Crippen LogP contribution in [0.3, 0.4) is 0 Å². The summed E-state index contributed by atoms with van der Waals surface area (Å²) in [5, 5.41) is 28.8. The molecule has 0 aromatic heterocycles. The van der Waals surface area contributed by atoms with Crippen molar-refractivity contribution in [3.8, 4) is 0 Å². The molecule has 1 fully saturated rings. The van der Waals surface area contributed by atoms with Crippen LogP contribution >= 0.6 is 0 Å². The minimum absolute atomic E-state index is 0.246. The van der Waals surface area contributed by atoms with Crippen LogP contribution < -0.4 is 5.32 Å². The van der Waals surface area contributed by atoms with Gasteiger partial charge >= 0.3 is 5.97 Å². The topological polar surface area (TPSA) is 107 Å². The first-order valence-electron chi connectivity index (χ1n) is 4.50. The van der Waals surface area contributed by atoms with Crippen molar-refractivity contribution < 1.29 is 24.9 Å². The van der Waals surface area contributed by atoms with Crippen LogP contribution in [0, 0.1) is 5.41 Å². The van der Waals surface area contributed by atoms with Gasteiger partial charge in [-0.15, -0.1) is 0 Å². The van der Waals surface area contributed by atoms with Gasteiger partial charge in [-0.2, -0.15) is 0 Å². The Hall–Kier alpha value is -1.40. The van der Waals surface area contributed by atoms with Crippen LogP contribution in [-0.4, -0.2) is 39.9 Å². The van der Waals surface area contributed by atoms with E-state index in [4.69, 9.17) is 10.2 Å². The predicted octanol–water partition coefficient (Wildman–Crippen LogP) is -1.17. The minimum Gasteiger partial charge on any atom is -0.478 e. The molecule has 0 spiro atoms. The predicted molar refractivity (Wildman–Crippen MR) is 49.7 cm³/mol. The largest absolute Gasteiger partial charge is 0.478 e. The summed E-state index contributed by atoms with van der Waals surface area (Å²) in [7, 11) is 0. The summed E-state index contributed by atoms with van der Waals surface area (Å²) in [5.41, 5.74) is -0.721. The zero-order valence-electron chi connectivity index (χ0n) is 8.01. The lowest BCUT2D eigenvalue weighted by atomic mass is 10.00. The monoisotopic (exact) mass is 215 g/mol. The normalized spacial score (nSPS) is 19.9. The highest BCUT2D eigenvalue weighted by atomic mass is 16.4. The maximum absolute atomic E-state index is 11.3. The lowest BCUT2D eigenvalue weighted by Gasteiger charge is -2.17. The molecular weight excluding hydrogens is 202 g/mol. The van der Waals surface area contributed by atoms with E-state index in [2.05, 4.69) is 5.32 Å². The standard InChI is InChI=1S/C9H13NO5/c11-5-9(2-3-9)7(14)8(15)10-4-1-6(12)13/h1,4,7,11,14H,2-3,5H2,(H,10,15)(H,12,13). The summed E-state index contributed by atoms with van der Waals surface area (Å²) in [6.07, 6.45) is 1.60. The summed E-state index contributed by atoms with van der Waals surface area (Å²) in [4.78, 5) is 21.3. The van der Waals surface area contributed by atoms with E-state index in [1.165, 1.54) is 0 Å². The van der Waals surface area contributed by atoms with Crippen molar-refractivity contribution in [1.29, 1.82) is 0 Å². The van der Waals surface area contributed by atoms with Crippen molar-refractivity contribution in [3.63, 3.8) is 0 Å². The van der Waals surface area contributed by atoms with Crippen molar-refractivity contribution in [2.24, 2.45) is 5.41 Å². The molecular formula is C9H13NO5. The van der Waals surface area contributed by atoms with E-state index in [1.54, 1.807) is 0 Å². The third-order valence-corrected chi connectivity index (χ3v) is 2.49. The smallest absolute Gasteiger partial charge is 0.329 e. The fraction of sp³-hybridized carbons (Fsp3) is 0.556. The molecule has 1 atom stereocenters. The molecule has 0 aromatic carbocycles. The molecule has 0 heterocycles. The highest BCUT2D eigenvalue weighted by molar-refractivity contribution is 5.85. The highest BCUT2D eigenvalue weighted by Crippen LogP contribution is 2.48. The molecule has 0 bridgehead atoms. The molecule has 0 saturated heterocycles. The van der Waals surface area contributed by atoms with Crippen molar-refractivity contribution in [1.82, 2.24) is 5.32 Å². The lowest BCUT2D eigenvalue weighted by Crippen LogP contribution is -2.39. The number of aliphatic hydroxyl groups excluding tert-OH is 2. The Kier molecular flexibility index (Phi) is 3.43. The number of amides is 1. The summed E-state index contributed by atoms with van der Waals surface area (Å²) in [5.74, 6) is -1.88. The number of aliphatic carboxylic acids is 1. The van der Waals surface area contributed by atoms with Crippen molar-refractivity contribution >= 4 is 11.9 Å². The summed E-state index contributed by atoms with van der Waals surface area (Å²) >= 11 is 0. The van der Waals surface area contributed by atoms with Crippen LogP contribution in [0.2, 0.25) is 0 Å². The van der Waals surface area contributed by atoms with Gasteiger partial charge in [0.25, 0.3) is 5.91 Å². The highest BCUT2D eigenvalue weighted by Gasteiger charge is 2.51. The average molecular weight is 215 g/mol. The second kappa shape index (κ2) is 4.41. The molecule has 1 rings (SSSR count). The number of carboxylic acid groups (broad SMARTS) is 1. The molecule has 15 heavy (non-hydrogen) atoms. The van der Waals surface area contributed by atoms with Crippen LogP contribution in [0.1, 0.15) is 12.8 Å². The first kappa shape index (κ1) is 11.7. The molecule has 6 heteroatoms. The van der Waals surface area contributed by atoms with Gasteiger partial charge in [0.2, 0.25) is 0 Å². The summed E-state index contributed by atoms with van der Waals surface area (Å²) < 4.78 is 0. The number of carboxylic acids is 1. The van der Waals surface area contributed by atoms with Crippen LogP contribution in [0.5, 0.6) is 0 Å². The molecule has 84 valence electrons. The maximum Gasteiger partial charge on any atom is 0.329 e. The van der Waals surface area contributed by atoms with Crippen LogP contribution in [0.4, 0.5) is 0 Å². The number of carbonyl (C=O) groups is 2. The first-order chi connectivity index (χ1) is 7.02. The molecule has 1 unspecified atom stereocenters. The fourth-order valence-electron chi connectivity index (χ4n) is 1.23. The number of rotatable bonds is 5. The third kappa shape index (κ3) is 2.77. The Morgan fingerprint density at radius 3 is 2.47 bits per heavy atom. The van der Waals surface area contributed by atoms with Crippen LogP contribution in [0.25, 0.3) is 0 Å². The molecule has 6 nitrogen and oxygen atoms in total. The number of carbonyl (C=O) groups excluding carboxylic acids is 1. The van der Waals surface area contributed by atoms with Gasteiger partial charge < -0.3 is 20.6 Å². The van der Waals surface area contributed by atoms with Crippen LogP contribution in [0.15, 0.2) is 12.3 Å². The van der Waals surface area contributed by atoms with Gasteiger partial charge in [-0.05, 0) is 12.8 Å². The molecule has 1 amide bonds. The van der Waals surface area contributed by atoms with Gasteiger partial charge in [0.1, 0.15) is 6.10 Å². The number of hydrogen-bond donors (Lipinski definition) is 4. The van der Waals surface area contributed by atoms with E-state index in [0.717, 1.165) is 12.3 Å². The van der Waals surface area contributed by atoms with E-state index in [0.29, 0.717) is 12.8 Å². The molecule has 1 aliphatic carbocycles. The second-order valence-corrected chi connectivity index (χ2v) is 3.60. The molecule has 0 aliphatic heterocycles. The Morgan fingerprint density at radius 1 is 1.47 bits per heavy atom. The Balaban J connectivity index is 2.44. The minimum atomic E-state index is -1.29. The van der Waals surface area contributed by atoms with Crippen molar-refractivity contribution in [3.05, 3.63) is 12.3 Å². The fourth-order valence-corrected chi connectivity index (χ4v) is 1.23. The first-order valence-corrected chi connectivity index (χ1v) is 4.50. The van der Waals surface area contributed by atoms with Gasteiger partial charge in [0.15, 0.2) is 0 Å². The van der Waals surface area contributed by atoms with Gasteiger partial charge in [-0.1, -0.05) is 0 Å². The third-order valence-electron chi connectivity index (χ3n) is 2.49. The Labute approximate surface area is 86.2 Å². The summed E-state index contributed by atoms with van der Waals surface area (Å²) in [6.45, 7) is -0.246. The van der Waals surface area contributed by atoms with Gasteiger partial charge in [0, 0.05) is 17.7 Å². The van der Waals surface area contributed by atoms with Gasteiger partial charge in [0.05, 0.1) is 6.61 Å². The number of nitrogens with one attached hydrogen (secondary N) is 1. The molecule has 0 radical (unpaired) electrons. The van der Waals surface area contributed by atoms with E-state index in [-0.39, 0.29) is 6.61 Å². The lowest BCUT2D eigenvalue weighted by molar-refractivity contribution is -0.133. The van der Waals surface area contributed by atoms with Crippen molar-refractivity contribution in [2.45, 2.75) is 18.9 Å². The average Bonchev–Trinajstić information content (AvgIpc) is 2.96. The molecule has 0 aromatic rings. The van der Waals surface area contributed by atoms with E-state index < -0.39 is 23.4 Å². The maximum atomic E-state index is 11.3. The Bertz CT molecular complexity index is 295. The van der Waals surface area contributed by atoms with Crippen LogP contribution in [-0.2, 0) is 9.59 Å².